The maximum atomic E-state index is 13.4. The largest absolute Gasteiger partial charge is 0.493 e. The van der Waals surface area contributed by atoms with Gasteiger partial charge >= 0.3 is 5.97 Å². The maximum absolute atomic E-state index is 13.4. The molecule has 4 aromatic carbocycles. The Kier molecular flexibility index (Phi) is 9.78. The zero-order chi connectivity index (χ0) is 32.8. The van der Waals surface area contributed by atoms with Crippen LogP contribution in [0.5, 0.6) is 28.7 Å². The number of aromatic amines is 1. The van der Waals surface area contributed by atoms with E-state index in [1.165, 1.54) is 39.7 Å². The van der Waals surface area contributed by atoms with Gasteiger partial charge in [0, 0.05) is 27.1 Å². The van der Waals surface area contributed by atoms with Crippen LogP contribution in [0.2, 0.25) is 5.02 Å². The SMILES string of the molecule is CCOc1cc(C=NNC(=O)c2[nH]c3c(C)cccc3c2-c2ccccc2Cl)ccc1OC(=O)c1cc(OC)c(OC)c(OC)c1. The Morgan fingerprint density at radius 3 is 2.30 bits per heavy atom. The van der Waals surface area contributed by atoms with Gasteiger partial charge in [-0.25, -0.2) is 10.2 Å². The molecular weight excluding hydrogens is 610 g/mol. The summed E-state index contributed by atoms with van der Waals surface area (Å²) < 4.78 is 27.4. The number of para-hydroxylation sites is 1. The van der Waals surface area contributed by atoms with Crippen molar-refractivity contribution < 1.29 is 33.3 Å². The lowest BCUT2D eigenvalue weighted by Crippen LogP contribution is -2.19. The summed E-state index contributed by atoms with van der Waals surface area (Å²) >= 11 is 6.54. The van der Waals surface area contributed by atoms with Crippen LogP contribution in [-0.4, -0.2) is 51.0 Å². The van der Waals surface area contributed by atoms with Crippen LogP contribution < -0.4 is 29.1 Å². The van der Waals surface area contributed by atoms with E-state index in [2.05, 4.69) is 15.5 Å². The Balaban J connectivity index is 1.38. The number of halogens is 1. The number of hydrazone groups is 1. The van der Waals surface area contributed by atoms with Crippen molar-refractivity contribution in [1.29, 1.82) is 0 Å². The Labute approximate surface area is 270 Å². The molecule has 0 fully saturated rings. The first kappa shape index (κ1) is 31.9. The van der Waals surface area contributed by atoms with Crippen LogP contribution in [0, 0.1) is 6.92 Å². The second-order valence-corrected chi connectivity index (χ2v) is 10.4. The van der Waals surface area contributed by atoms with Crippen LogP contribution >= 0.6 is 11.6 Å². The number of carbonyl (C=O) groups excluding carboxylic acids is 2. The fourth-order valence-corrected chi connectivity index (χ4v) is 5.25. The van der Waals surface area contributed by atoms with Crippen LogP contribution in [0.1, 0.15) is 38.9 Å². The third-order valence-corrected chi connectivity index (χ3v) is 7.49. The van der Waals surface area contributed by atoms with Gasteiger partial charge in [0.05, 0.1) is 39.7 Å². The normalized spacial score (nSPS) is 11.0. The van der Waals surface area contributed by atoms with Crippen molar-refractivity contribution in [1.82, 2.24) is 10.4 Å². The van der Waals surface area contributed by atoms with Crippen LogP contribution in [0.3, 0.4) is 0 Å². The lowest BCUT2D eigenvalue weighted by Gasteiger charge is -2.15. The number of amides is 1. The molecular formula is C35H32ClN3O7. The number of carbonyl (C=O) groups is 2. The van der Waals surface area contributed by atoms with Crippen LogP contribution in [0.4, 0.5) is 0 Å². The summed E-state index contributed by atoms with van der Waals surface area (Å²) in [4.78, 5) is 29.8. The van der Waals surface area contributed by atoms with E-state index < -0.39 is 11.9 Å². The number of aryl methyl sites for hydroxylation is 1. The summed E-state index contributed by atoms with van der Waals surface area (Å²) in [6.07, 6.45) is 1.47. The van der Waals surface area contributed by atoms with Gasteiger partial charge in [0.15, 0.2) is 23.0 Å². The van der Waals surface area contributed by atoms with E-state index in [0.717, 1.165) is 22.0 Å². The van der Waals surface area contributed by atoms with E-state index in [4.69, 9.17) is 35.3 Å². The highest BCUT2D eigenvalue weighted by Gasteiger charge is 2.22. The number of nitrogens with zero attached hydrogens (tertiary/aromatic N) is 1. The lowest BCUT2D eigenvalue weighted by molar-refractivity contribution is 0.0727. The van der Waals surface area contributed by atoms with Gasteiger partial charge in [-0.05, 0) is 61.4 Å². The molecule has 1 amide bonds. The van der Waals surface area contributed by atoms with Crippen LogP contribution in [-0.2, 0) is 0 Å². The van der Waals surface area contributed by atoms with Gasteiger partial charge < -0.3 is 28.7 Å². The molecule has 0 aliphatic carbocycles. The van der Waals surface area contributed by atoms with Crippen LogP contribution in [0.15, 0.2) is 77.9 Å². The smallest absolute Gasteiger partial charge is 0.343 e. The number of hydrogen-bond acceptors (Lipinski definition) is 8. The Morgan fingerprint density at radius 1 is 0.891 bits per heavy atom. The zero-order valence-electron chi connectivity index (χ0n) is 25.9. The molecule has 0 atom stereocenters. The standard InChI is InChI=1S/C35H32ClN3O7/c1-6-45-27-16-21(14-15-26(27)46-35(41)22-17-28(42-3)33(44-5)29(18-22)43-4)19-37-39-34(40)32-30(23-11-7-8-13-25(23)36)24-12-9-10-20(2)31(24)38-32/h7-19,38H,6H2,1-5H3,(H,39,40). The zero-order valence-corrected chi connectivity index (χ0v) is 26.7. The van der Waals surface area contributed by atoms with Crippen molar-refractivity contribution in [3.63, 3.8) is 0 Å². The first-order valence-corrected chi connectivity index (χ1v) is 14.7. The molecule has 5 aromatic rings. The molecule has 0 saturated heterocycles. The molecule has 1 heterocycles. The van der Waals surface area contributed by atoms with Gasteiger partial charge in [-0.3, -0.25) is 4.79 Å². The minimum Gasteiger partial charge on any atom is -0.493 e. The van der Waals surface area contributed by atoms with Crippen LogP contribution in [0.25, 0.3) is 22.0 Å². The summed E-state index contributed by atoms with van der Waals surface area (Å²) in [6.45, 7) is 4.09. The number of H-pyrrole nitrogens is 1. The molecule has 46 heavy (non-hydrogen) atoms. The molecule has 0 unspecified atom stereocenters. The minimum absolute atomic E-state index is 0.189. The third kappa shape index (κ3) is 6.47. The molecule has 5 rings (SSSR count). The van der Waals surface area contributed by atoms with Crippen molar-refractivity contribution in [3.8, 4) is 39.9 Å². The average molecular weight is 642 g/mol. The molecule has 11 heteroatoms. The monoisotopic (exact) mass is 641 g/mol. The molecule has 2 N–H and O–H groups in total. The molecule has 0 bridgehead atoms. The number of ether oxygens (including phenoxy) is 5. The van der Waals surface area contributed by atoms with Gasteiger partial charge in [-0.15, -0.1) is 0 Å². The van der Waals surface area contributed by atoms with Crippen molar-refractivity contribution in [2.24, 2.45) is 5.10 Å². The Morgan fingerprint density at radius 2 is 1.63 bits per heavy atom. The van der Waals surface area contributed by atoms with Gasteiger partial charge in [0.1, 0.15) is 5.69 Å². The topological polar surface area (TPSA) is 120 Å². The molecule has 0 saturated carbocycles. The third-order valence-electron chi connectivity index (χ3n) is 7.16. The van der Waals surface area contributed by atoms with Crippen molar-refractivity contribution in [3.05, 3.63) is 100 Å². The van der Waals surface area contributed by atoms with E-state index in [-0.39, 0.29) is 11.3 Å². The number of benzene rings is 4. The second kappa shape index (κ2) is 14.1. The second-order valence-electron chi connectivity index (χ2n) is 9.99. The molecule has 236 valence electrons. The molecule has 0 radical (unpaired) electrons. The quantitative estimate of drug-likeness (QED) is 0.0677. The predicted octanol–water partition coefficient (Wildman–Crippen LogP) is 7.20. The van der Waals surface area contributed by atoms with Crippen molar-refractivity contribution in [2.75, 3.05) is 27.9 Å². The summed E-state index contributed by atoms with van der Waals surface area (Å²) in [6, 6.07) is 21.1. The van der Waals surface area contributed by atoms with Gasteiger partial charge in [0.25, 0.3) is 5.91 Å². The molecule has 1 aromatic heterocycles. The number of rotatable bonds is 11. The first-order chi connectivity index (χ1) is 22.3. The summed E-state index contributed by atoms with van der Waals surface area (Å²) in [5.74, 6) is 0.389. The fourth-order valence-electron chi connectivity index (χ4n) is 5.01. The van der Waals surface area contributed by atoms with Gasteiger partial charge in [0.2, 0.25) is 5.75 Å². The highest BCUT2D eigenvalue weighted by molar-refractivity contribution is 6.34. The first-order valence-electron chi connectivity index (χ1n) is 14.3. The van der Waals surface area contributed by atoms with E-state index >= 15 is 0 Å². The minimum atomic E-state index is -0.656. The van der Waals surface area contributed by atoms with E-state index in [1.807, 2.05) is 50.2 Å². The maximum Gasteiger partial charge on any atom is 0.343 e. The summed E-state index contributed by atoms with van der Waals surface area (Å²) in [7, 11) is 4.40. The number of aromatic nitrogens is 1. The number of methoxy groups -OCH3 is 3. The van der Waals surface area contributed by atoms with E-state index in [1.54, 1.807) is 24.3 Å². The molecule has 0 aliphatic rings. The molecule has 0 aliphatic heterocycles. The van der Waals surface area contributed by atoms with E-state index in [0.29, 0.717) is 51.4 Å². The average Bonchev–Trinajstić information content (AvgIpc) is 3.46. The summed E-state index contributed by atoms with van der Waals surface area (Å²) in [5, 5.41) is 5.58. The van der Waals surface area contributed by atoms with Crippen molar-refractivity contribution >= 4 is 40.6 Å². The number of hydrogen-bond donors (Lipinski definition) is 2. The lowest BCUT2D eigenvalue weighted by atomic mass is 10.0. The number of fused-ring (bicyclic) bond motifs is 1. The highest BCUT2D eigenvalue weighted by Crippen LogP contribution is 2.39. The van der Waals surface area contributed by atoms with E-state index in [9.17, 15) is 9.59 Å². The number of nitrogens with one attached hydrogen (secondary N) is 2. The molecule has 0 spiro atoms. The number of esters is 1. The van der Waals surface area contributed by atoms with Crippen molar-refractivity contribution in [2.45, 2.75) is 13.8 Å². The Hall–Kier alpha value is -5.48. The van der Waals surface area contributed by atoms with Gasteiger partial charge in [-0.2, -0.15) is 5.10 Å². The molecule has 10 nitrogen and oxygen atoms in total. The van der Waals surface area contributed by atoms with Gasteiger partial charge in [-0.1, -0.05) is 48.0 Å². The predicted molar refractivity (Wildman–Crippen MR) is 177 cm³/mol. The summed E-state index contributed by atoms with van der Waals surface area (Å²) in [5.41, 5.74) is 6.96. The fraction of sp³-hybridized carbons (Fsp3) is 0.171. The Bertz CT molecular complexity index is 1930. The highest BCUT2D eigenvalue weighted by atomic mass is 35.5.